The lowest BCUT2D eigenvalue weighted by Crippen LogP contribution is -2.18. The summed E-state index contributed by atoms with van der Waals surface area (Å²) in [5.74, 6) is 0. The summed E-state index contributed by atoms with van der Waals surface area (Å²) in [7, 11) is 0. The number of rotatable bonds is 5. The van der Waals surface area contributed by atoms with Crippen LogP contribution in [-0.4, -0.2) is 11.0 Å². The number of aromatic nitrogens is 1. The molecular weight excluding hydrogens is 302 g/mol. The van der Waals surface area contributed by atoms with E-state index in [2.05, 4.69) is 40.1 Å². The van der Waals surface area contributed by atoms with Gasteiger partial charge in [-0.1, -0.05) is 20.3 Å². The maximum atomic E-state index is 6.03. The highest BCUT2D eigenvalue weighted by atomic mass is 79.9. The Morgan fingerprint density at radius 3 is 2.84 bits per heavy atom. The Morgan fingerprint density at radius 1 is 1.37 bits per heavy atom. The van der Waals surface area contributed by atoms with Crippen LogP contribution >= 0.6 is 15.9 Å². The molecule has 0 saturated carbocycles. The van der Waals surface area contributed by atoms with E-state index in [1.54, 1.807) is 0 Å². The van der Waals surface area contributed by atoms with Gasteiger partial charge in [0.1, 0.15) is 0 Å². The van der Waals surface area contributed by atoms with Gasteiger partial charge in [-0.15, -0.1) is 0 Å². The quantitative estimate of drug-likeness (QED) is 0.793. The first-order chi connectivity index (χ1) is 9.15. The van der Waals surface area contributed by atoms with Gasteiger partial charge in [-0.3, -0.25) is 4.98 Å². The summed E-state index contributed by atoms with van der Waals surface area (Å²) < 4.78 is 0.949. The van der Waals surface area contributed by atoms with E-state index in [0.29, 0.717) is 6.04 Å². The van der Waals surface area contributed by atoms with Gasteiger partial charge in [-0.05, 0) is 47.0 Å². The zero-order valence-corrected chi connectivity index (χ0v) is 13.0. The van der Waals surface area contributed by atoms with Crippen molar-refractivity contribution in [2.75, 3.05) is 11.1 Å². The van der Waals surface area contributed by atoms with E-state index in [-0.39, 0.29) is 0 Å². The Bertz CT molecular complexity index is 569. The second kappa shape index (κ2) is 6.24. The van der Waals surface area contributed by atoms with Crippen LogP contribution in [0.5, 0.6) is 0 Å². The highest BCUT2D eigenvalue weighted by molar-refractivity contribution is 9.10. The van der Waals surface area contributed by atoms with E-state index in [4.69, 9.17) is 5.73 Å². The molecule has 0 spiro atoms. The number of nitrogens with zero attached hydrogens (tertiary/aromatic N) is 1. The molecule has 1 unspecified atom stereocenters. The number of fused-ring (bicyclic) bond motifs is 1. The van der Waals surface area contributed by atoms with E-state index >= 15 is 0 Å². The highest BCUT2D eigenvalue weighted by Crippen LogP contribution is 2.29. The van der Waals surface area contributed by atoms with Crippen LogP contribution < -0.4 is 11.1 Å². The van der Waals surface area contributed by atoms with Gasteiger partial charge >= 0.3 is 0 Å². The van der Waals surface area contributed by atoms with E-state index in [0.717, 1.165) is 33.2 Å². The normalized spacial score (nSPS) is 12.6. The lowest BCUT2D eigenvalue weighted by Gasteiger charge is -2.19. The molecule has 3 N–H and O–H groups in total. The molecule has 2 rings (SSSR count). The largest absolute Gasteiger partial charge is 0.398 e. The third-order valence-electron chi connectivity index (χ3n) is 3.34. The SMILES string of the molecule is CCCC(CC)Nc1ccc(N)c2cc(Br)cnc12. The average molecular weight is 322 g/mol. The minimum Gasteiger partial charge on any atom is -0.398 e. The van der Waals surface area contributed by atoms with Crippen LogP contribution in [0.4, 0.5) is 11.4 Å². The van der Waals surface area contributed by atoms with Crippen molar-refractivity contribution in [2.24, 2.45) is 0 Å². The molecule has 0 fully saturated rings. The molecule has 0 aliphatic heterocycles. The predicted molar refractivity (Wildman–Crippen MR) is 86.5 cm³/mol. The predicted octanol–water partition coefficient (Wildman–Crippen LogP) is 4.57. The molecule has 0 aliphatic rings. The molecule has 0 aliphatic carbocycles. The summed E-state index contributed by atoms with van der Waals surface area (Å²) in [6.07, 6.45) is 5.26. The summed E-state index contributed by atoms with van der Waals surface area (Å²) >= 11 is 3.44. The second-order valence-electron chi connectivity index (χ2n) is 4.79. The molecule has 102 valence electrons. The van der Waals surface area contributed by atoms with Crippen LogP contribution in [0.3, 0.4) is 0 Å². The Morgan fingerprint density at radius 2 is 2.16 bits per heavy atom. The maximum Gasteiger partial charge on any atom is 0.0954 e. The van der Waals surface area contributed by atoms with Crippen LogP contribution in [0.1, 0.15) is 33.1 Å². The van der Waals surface area contributed by atoms with Crippen molar-refractivity contribution >= 4 is 38.2 Å². The van der Waals surface area contributed by atoms with Gasteiger partial charge in [-0.2, -0.15) is 0 Å². The second-order valence-corrected chi connectivity index (χ2v) is 5.71. The first-order valence-electron chi connectivity index (χ1n) is 6.76. The van der Waals surface area contributed by atoms with Gasteiger partial charge in [0.25, 0.3) is 0 Å². The Labute approximate surface area is 122 Å². The Balaban J connectivity index is 2.41. The zero-order valence-electron chi connectivity index (χ0n) is 11.4. The summed E-state index contributed by atoms with van der Waals surface area (Å²) in [4.78, 5) is 4.50. The molecule has 1 aromatic carbocycles. The molecule has 0 radical (unpaired) electrons. The molecule has 0 saturated heterocycles. The van der Waals surface area contributed by atoms with Crippen molar-refractivity contribution in [1.29, 1.82) is 0 Å². The summed E-state index contributed by atoms with van der Waals surface area (Å²) in [6.45, 7) is 4.41. The van der Waals surface area contributed by atoms with Gasteiger partial charge in [-0.25, -0.2) is 0 Å². The minimum atomic E-state index is 0.488. The van der Waals surface area contributed by atoms with Crippen molar-refractivity contribution in [3.05, 3.63) is 28.9 Å². The number of nitrogen functional groups attached to an aromatic ring is 1. The Kier molecular flexibility index (Phi) is 4.64. The number of pyridine rings is 1. The molecule has 1 atom stereocenters. The van der Waals surface area contributed by atoms with Crippen LogP contribution in [0, 0.1) is 0 Å². The first kappa shape index (κ1) is 14.1. The fraction of sp³-hybridized carbons (Fsp3) is 0.400. The van der Waals surface area contributed by atoms with E-state index in [9.17, 15) is 0 Å². The number of hydrogen-bond acceptors (Lipinski definition) is 3. The molecule has 1 heterocycles. The molecule has 0 amide bonds. The third-order valence-corrected chi connectivity index (χ3v) is 3.77. The molecule has 0 bridgehead atoms. The first-order valence-corrected chi connectivity index (χ1v) is 7.55. The van der Waals surface area contributed by atoms with E-state index in [1.165, 1.54) is 12.8 Å². The fourth-order valence-corrected chi connectivity index (χ4v) is 2.61. The monoisotopic (exact) mass is 321 g/mol. The lowest BCUT2D eigenvalue weighted by atomic mass is 10.1. The summed E-state index contributed by atoms with van der Waals surface area (Å²) in [5.41, 5.74) is 8.80. The maximum absolute atomic E-state index is 6.03. The van der Waals surface area contributed by atoms with Crippen molar-refractivity contribution in [3.63, 3.8) is 0 Å². The third kappa shape index (κ3) is 3.18. The molecule has 3 nitrogen and oxygen atoms in total. The van der Waals surface area contributed by atoms with E-state index in [1.807, 2.05) is 24.4 Å². The van der Waals surface area contributed by atoms with Gasteiger partial charge in [0, 0.05) is 27.8 Å². The van der Waals surface area contributed by atoms with Crippen LogP contribution in [0.15, 0.2) is 28.9 Å². The number of nitrogens with one attached hydrogen (secondary N) is 1. The van der Waals surface area contributed by atoms with Crippen molar-refractivity contribution in [1.82, 2.24) is 4.98 Å². The van der Waals surface area contributed by atoms with Gasteiger partial charge in [0.05, 0.1) is 11.2 Å². The number of nitrogens with two attached hydrogens (primary N) is 1. The number of benzene rings is 1. The summed E-state index contributed by atoms with van der Waals surface area (Å²) in [6, 6.07) is 6.47. The standard InChI is InChI=1S/C15H20BrN3/c1-3-5-11(4-2)19-14-7-6-13(17)12-8-10(16)9-18-15(12)14/h6-9,11,19H,3-5,17H2,1-2H3. The molecule has 19 heavy (non-hydrogen) atoms. The van der Waals surface area contributed by atoms with Crippen molar-refractivity contribution in [3.8, 4) is 0 Å². The van der Waals surface area contributed by atoms with Gasteiger partial charge < -0.3 is 11.1 Å². The summed E-state index contributed by atoms with van der Waals surface area (Å²) in [5, 5.41) is 4.58. The lowest BCUT2D eigenvalue weighted by molar-refractivity contribution is 0.623. The van der Waals surface area contributed by atoms with Gasteiger partial charge in [0.15, 0.2) is 0 Å². The molecule has 2 aromatic rings. The Hall–Kier alpha value is -1.29. The fourth-order valence-electron chi connectivity index (χ4n) is 2.28. The van der Waals surface area contributed by atoms with E-state index < -0.39 is 0 Å². The number of hydrogen-bond donors (Lipinski definition) is 2. The highest BCUT2D eigenvalue weighted by Gasteiger charge is 2.10. The van der Waals surface area contributed by atoms with Crippen LogP contribution in [0.2, 0.25) is 0 Å². The smallest absolute Gasteiger partial charge is 0.0954 e. The molecule has 4 heteroatoms. The van der Waals surface area contributed by atoms with Crippen molar-refractivity contribution < 1.29 is 0 Å². The topological polar surface area (TPSA) is 50.9 Å². The molecular formula is C15H20BrN3. The zero-order chi connectivity index (χ0) is 13.8. The van der Waals surface area contributed by atoms with Crippen LogP contribution in [-0.2, 0) is 0 Å². The van der Waals surface area contributed by atoms with Crippen molar-refractivity contribution in [2.45, 2.75) is 39.2 Å². The van der Waals surface area contributed by atoms with Crippen LogP contribution in [0.25, 0.3) is 10.9 Å². The molecule has 1 aromatic heterocycles. The average Bonchev–Trinajstić information content (AvgIpc) is 2.41. The van der Waals surface area contributed by atoms with Gasteiger partial charge in [0.2, 0.25) is 0 Å². The minimum absolute atomic E-state index is 0.488. The number of anilines is 2. The number of halogens is 1.